The van der Waals surface area contributed by atoms with E-state index in [1.165, 1.54) is 6.07 Å². The minimum absolute atomic E-state index is 0.0322. The van der Waals surface area contributed by atoms with Crippen LogP contribution in [0.5, 0.6) is 0 Å². The summed E-state index contributed by atoms with van der Waals surface area (Å²) >= 11 is 0. The molecule has 2 rings (SSSR count). The summed E-state index contributed by atoms with van der Waals surface area (Å²) in [7, 11) is 0. The predicted octanol–water partition coefficient (Wildman–Crippen LogP) is 2.68. The van der Waals surface area contributed by atoms with Gasteiger partial charge in [0, 0.05) is 11.6 Å². The number of nitrogens with one attached hydrogen (secondary N) is 2. The SMILES string of the molecule is Cc1cc(C)c([N+](=O)[O-])cc1NC(=O)C1CCCCCN1. The van der Waals surface area contributed by atoms with E-state index >= 15 is 0 Å². The molecule has 0 aliphatic carbocycles. The molecule has 1 aliphatic heterocycles. The maximum Gasteiger partial charge on any atom is 0.274 e. The Labute approximate surface area is 124 Å². The van der Waals surface area contributed by atoms with Crippen LogP contribution >= 0.6 is 0 Å². The number of benzene rings is 1. The predicted molar refractivity (Wildman–Crippen MR) is 81.5 cm³/mol. The van der Waals surface area contributed by atoms with Gasteiger partial charge in [-0.25, -0.2) is 0 Å². The molecule has 114 valence electrons. The average molecular weight is 291 g/mol. The summed E-state index contributed by atoms with van der Waals surface area (Å²) in [4.78, 5) is 22.9. The third-order valence-electron chi connectivity index (χ3n) is 3.87. The highest BCUT2D eigenvalue weighted by Gasteiger charge is 2.21. The van der Waals surface area contributed by atoms with E-state index in [0.29, 0.717) is 11.3 Å². The van der Waals surface area contributed by atoms with Gasteiger partial charge in [0.1, 0.15) is 0 Å². The lowest BCUT2D eigenvalue weighted by atomic mass is 10.1. The van der Waals surface area contributed by atoms with Crippen LogP contribution in [-0.4, -0.2) is 23.4 Å². The Morgan fingerprint density at radius 3 is 2.76 bits per heavy atom. The fraction of sp³-hybridized carbons (Fsp3) is 0.533. The molecular weight excluding hydrogens is 270 g/mol. The molecule has 0 aromatic heterocycles. The molecule has 0 saturated carbocycles. The van der Waals surface area contributed by atoms with Crippen LogP contribution in [0.15, 0.2) is 12.1 Å². The van der Waals surface area contributed by atoms with Gasteiger partial charge in [0.05, 0.1) is 16.7 Å². The minimum Gasteiger partial charge on any atom is -0.324 e. The molecule has 2 N–H and O–H groups in total. The van der Waals surface area contributed by atoms with E-state index in [9.17, 15) is 14.9 Å². The first kappa shape index (κ1) is 15.4. The van der Waals surface area contributed by atoms with Gasteiger partial charge in [-0.3, -0.25) is 14.9 Å². The van der Waals surface area contributed by atoms with Gasteiger partial charge in [-0.15, -0.1) is 0 Å². The van der Waals surface area contributed by atoms with Crippen LogP contribution in [0.3, 0.4) is 0 Å². The van der Waals surface area contributed by atoms with Crippen LogP contribution in [0, 0.1) is 24.0 Å². The van der Waals surface area contributed by atoms with Crippen LogP contribution in [0.25, 0.3) is 0 Å². The van der Waals surface area contributed by atoms with Crippen molar-refractivity contribution in [3.8, 4) is 0 Å². The van der Waals surface area contributed by atoms with Crippen LogP contribution in [0.1, 0.15) is 36.8 Å². The molecule has 0 bridgehead atoms. The molecule has 1 aliphatic rings. The summed E-state index contributed by atoms with van der Waals surface area (Å²) < 4.78 is 0. The second-order valence-corrected chi connectivity index (χ2v) is 5.56. The maximum atomic E-state index is 12.3. The molecule has 1 atom stereocenters. The molecule has 1 fully saturated rings. The Bertz CT molecular complexity index is 549. The number of anilines is 1. The summed E-state index contributed by atoms with van der Waals surface area (Å²) in [6.07, 6.45) is 4.04. The highest BCUT2D eigenvalue weighted by atomic mass is 16.6. The quantitative estimate of drug-likeness (QED) is 0.662. The normalized spacial score (nSPS) is 18.9. The molecule has 1 amide bonds. The summed E-state index contributed by atoms with van der Waals surface area (Å²) in [6.45, 7) is 4.38. The number of nitrogens with zero attached hydrogens (tertiary/aromatic N) is 1. The fourth-order valence-electron chi connectivity index (χ4n) is 2.64. The van der Waals surface area contributed by atoms with Gasteiger partial charge in [0.25, 0.3) is 5.69 Å². The first-order valence-corrected chi connectivity index (χ1v) is 7.29. The number of hydrogen-bond acceptors (Lipinski definition) is 4. The third-order valence-corrected chi connectivity index (χ3v) is 3.87. The number of aryl methyl sites for hydroxylation is 2. The van der Waals surface area contributed by atoms with Gasteiger partial charge in [-0.05, 0) is 44.9 Å². The van der Waals surface area contributed by atoms with Crippen molar-refractivity contribution < 1.29 is 9.72 Å². The van der Waals surface area contributed by atoms with Crippen molar-refractivity contribution in [1.82, 2.24) is 5.32 Å². The number of nitro benzene ring substituents is 1. The minimum atomic E-state index is -0.422. The van der Waals surface area contributed by atoms with Crippen LogP contribution in [0.4, 0.5) is 11.4 Å². The number of rotatable bonds is 3. The van der Waals surface area contributed by atoms with Crippen molar-refractivity contribution in [3.05, 3.63) is 33.4 Å². The zero-order valence-corrected chi connectivity index (χ0v) is 12.4. The molecular formula is C15H21N3O3. The highest BCUT2D eigenvalue weighted by Crippen LogP contribution is 2.26. The molecule has 1 aromatic rings. The Kier molecular flexibility index (Phi) is 4.90. The zero-order chi connectivity index (χ0) is 15.4. The van der Waals surface area contributed by atoms with Crippen LogP contribution < -0.4 is 10.6 Å². The summed E-state index contributed by atoms with van der Waals surface area (Å²) in [5.74, 6) is -0.113. The van der Waals surface area contributed by atoms with Crippen molar-refractivity contribution >= 4 is 17.3 Å². The molecule has 6 heteroatoms. The Balaban J connectivity index is 2.16. The molecule has 6 nitrogen and oxygen atoms in total. The number of amides is 1. The van der Waals surface area contributed by atoms with E-state index in [2.05, 4.69) is 10.6 Å². The van der Waals surface area contributed by atoms with Crippen molar-refractivity contribution in [1.29, 1.82) is 0 Å². The Morgan fingerprint density at radius 1 is 1.29 bits per heavy atom. The van der Waals surface area contributed by atoms with Crippen LogP contribution in [-0.2, 0) is 4.79 Å². The summed E-state index contributed by atoms with van der Waals surface area (Å²) in [5, 5.41) is 17.0. The van der Waals surface area contributed by atoms with Gasteiger partial charge in [-0.1, -0.05) is 12.8 Å². The highest BCUT2D eigenvalue weighted by molar-refractivity contribution is 5.95. The van der Waals surface area contributed by atoms with E-state index in [-0.39, 0.29) is 17.6 Å². The van der Waals surface area contributed by atoms with Crippen molar-refractivity contribution in [2.24, 2.45) is 0 Å². The summed E-state index contributed by atoms with van der Waals surface area (Å²) in [5.41, 5.74) is 1.98. The second-order valence-electron chi connectivity index (χ2n) is 5.56. The number of carbonyl (C=O) groups excluding carboxylic acids is 1. The first-order chi connectivity index (χ1) is 9.99. The van der Waals surface area contributed by atoms with E-state index < -0.39 is 4.92 Å². The third kappa shape index (κ3) is 3.78. The molecule has 1 saturated heterocycles. The lowest BCUT2D eigenvalue weighted by Gasteiger charge is -2.17. The molecule has 21 heavy (non-hydrogen) atoms. The smallest absolute Gasteiger partial charge is 0.274 e. The Hall–Kier alpha value is -1.95. The standard InChI is InChI=1S/C15H21N3O3/c1-10-8-11(2)14(18(20)21)9-13(10)17-15(19)12-6-4-3-5-7-16-12/h8-9,12,16H,3-7H2,1-2H3,(H,17,19). The van der Waals surface area contributed by atoms with Gasteiger partial charge >= 0.3 is 0 Å². The molecule has 1 unspecified atom stereocenters. The Morgan fingerprint density at radius 2 is 2.05 bits per heavy atom. The number of hydrogen-bond donors (Lipinski definition) is 2. The molecule has 0 radical (unpaired) electrons. The van der Waals surface area contributed by atoms with E-state index in [0.717, 1.165) is 37.8 Å². The topological polar surface area (TPSA) is 84.3 Å². The van der Waals surface area contributed by atoms with Gasteiger partial charge in [-0.2, -0.15) is 0 Å². The maximum absolute atomic E-state index is 12.3. The average Bonchev–Trinajstić information content (AvgIpc) is 2.70. The monoisotopic (exact) mass is 291 g/mol. The first-order valence-electron chi connectivity index (χ1n) is 7.29. The van der Waals surface area contributed by atoms with Crippen molar-refractivity contribution in [2.75, 3.05) is 11.9 Å². The molecule has 0 spiro atoms. The number of carbonyl (C=O) groups is 1. The van der Waals surface area contributed by atoms with Crippen molar-refractivity contribution in [2.45, 2.75) is 45.6 Å². The van der Waals surface area contributed by atoms with E-state index in [4.69, 9.17) is 0 Å². The second kappa shape index (κ2) is 6.67. The van der Waals surface area contributed by atoms with Crippen LogP contribution in [0.2, 0.25) is 0 Å². The number of nitro groups is 1. The molecule has 1 aromatic carbocycles. The largest absolute Gasteiger partial charge is 0.324 e. The zero-order valence-electron chi connectivity index (χ0n) is 12.4. The van der Waals surface area contributed by atoms with Gasteiger partial charge in [0.2, 0.25) is 5.91 Å². The van der Waals surface area contributed by atoms with E-state index in [1.807, 2.05) is 6.92 Å². The van der Waals surface area contributed by atoms with Gasteiger partial charge in [0.15, 0.2) is 0 Å². The lowest BCUT2D eigenvalue weighted by Crippen LogP contribution is -2.40. The van der Waals surface area contributed by atoms with Gasteiger partial charge < -0.3 is 10.6 Å². The fourth-order valence-corrected chi connectivity index (χ4v) is 2.64. The molecule has 1 heterocycles. The van der Waals surface area contributed by atoms with Crippen molar-refractivity contribution in [3.63, 3.8) is 0 Å². The lowest BCUT2D eigenvalue weighted by molar-refractivity contribution is -0.385. The van der Waals surface area contributed by atoms with E-state index in [1.54, 1.807) is 13.0 Å². The summed E-state index contributed by atoms with van der Waals surface area (Å²) in [6, 6.07) is 2.96.